The Morgan fingerprint density at radius 1 is 1.36 bits per heavy atom. The zero-order valence-electron chi connectivity index (χ0n) is 14.5. The van der Waals surface area contributed by atoms with Crippen LogP contribution in [0.2, 0.25) is 0 Å². The number of amides is 1. The second-order valence-electron chi connectivity index (χ2n) is 6.26. The van der Waals surface area contributed by atoms with Crippen LogP contribution in [0, 0.1) is 11.6 Å². The number of carbonyl (C=O) groups is 2. The predicted octanol–water partition coefficient (Wildman–Crippen LogP) is 2.47. The van der Waals surface area contributed by atoms with Crippen LogP contribution in [-0.4, -0.2) is 35.4 Å². The highest BCUT2D eigenvalue weighted by Crippen LogP contribution is 2.30. The largest absolute Gasteiger partial charge is 0.488 e. The van der Waals surface area contributed by atoms with Gasteiger partial charge in [-0.1, -0.05) is 6.92 Å². The molecule has 9 heteroatoms. The van der Waals surface area contributed by atoms with Crippen molar-refractivity contribution in [1.29, 1.82) is 0 Å². The van der Waals surface area contributed by atoms with E-state index in [0.29, 0.717) is 0 Å². The summed E-state index contributed by atoms with van der Waals surface area (Å²) in [5.41, 5.74) is 4.11. The Morgan fingerprint density at radius 2 is 1.96 bits per heavy atom. The lowest BCUT2D eigenvalue weighted by Crippen LogP contribution is -2.46. The number of nitrogens with two attached hydrogens (primary N) is 1. The summed E-state index contributed by atoms with van der Waals surface area (Å²) in [7, 11) is 0. The molecule has 1 aromatic carbocycles. The van der Waals surface area contributed by atoms with E-state index in [1.165, 1.54) is 0 Å². The zero-order chi connectivity index (χ0) is 19.4. The number of carboxylic acids is 1. The molecule has 1 amide bonds. The monoisotopic (exact) mass is 360 g/mol. The van der Waals surface area contributed by atoms with Gasteiger partial charge < -0.3 is 25.6 Å². The van der Waals surface area contributed by atoms with Gasteiger partial charge in [0.15, 0.2) is 11.9 Å². The Kier molecular flexibility index (Phi) is 6.55. The molecule has 0 bridgehead atoms. The number of ether oxygens (including phenoxy) is 2. The van der Waals surface area contributed by atoms with E-state index >= 15 is 0 Å². The maximum absolute atomic E-state index is 14.0. The summed E-state index contributed by atoms with van der Waals surface area (Å²) in [5.74, 6) is -3.55. The van der Waals surface area contributed by atoms with Crippen LogP contribution in [0.25, 0.3) is 0 Å². The number of halogens is 2. The molecule has 0 fully saturated rings. The SMILES string of the molecule is CCc1c(F)cc(OC[C@@H](NC(=O)OC(C)(C)C)C(=O)O)c(N)c1F. The minimum absolute atomic E-state index is 0.0973. The third kappa shape index (κ3) is 5.77. The predicted molar refractivity (Wildman–Crippen MR) is 86.4 cm³/mol. The van der Waals surface area contributed by atoms with Gasteiger partial charge in [-0.3, -0.25) is 0 Å². The highest BCUT2D eigenvalue weighted by atomic mass is 19.1. The summed E-state index contributed by atoms with van der Waals surface area (Å²) in [6.45, 7) is 5.80. The van der Waals surface area contributed by atoms with Crippen molar-refractivity contribution in [1.82, 2.24) is 5.32 Å². The standard InChI is InChI=1S/C16H22F2N2O5/c1-5-8-9(17)6-11(13(19)12(8)18)24-7-10(14(21)22)20-15(23)25-16(2,3)4/h6,10H,5,7,19H2,1-4H3,(H,20,23)(H,21,22)/t10-/m1/s1. The number of aliphatic carboxylic acids is 1. The molecule has 0 saturated heterocycles. The van der Waals surface area contributed by atoms with E-state index in [4.69, 9.17) is 20.3 Å². The molecule has 0 unspecified atom stereocenters. The molecule has 0 aliphatic carbocycles. The van der Waals surface area contributed by atoms with Gasteiger partial charge in [0, 0.05) is 11.6 Å². The molecule has 0 radical (unpaired) electrons. The quantitative estimate of drug-likeness (QED) is 0.672. The first kappa shape index (κ1) is 20.5. The van der Waals surface area contributed by atoms with Crippen molar-refractivity contribution >= 4 is 17.7 Å². The minimum Gasteiger partial charge on any atom is -0.488 e. The average Bonchev–Trinajstić information content (AvgIpc) is 2.46. The fraction of sp³-hybridized carbons (Fsp3) is 0.500. The third-order valence-corrected chi connectivity index (χ3v) is 3.06. The lowest BCUT2D eigenvalue weighted by molar-refractivity contribution is -0.140. The van der Waals surface area contributed by atoms with Crippen LogP contribution >= 0.6 is 0 Å². The van der Waals surface area contributed by atoms with E-state index in [-0.39, 0.29) is 17.7 Å². The molecule has 1 rings (SSSR count). The lowest BCUT2D eigenvalue weighted by Gasteiger charge is -2.22. The van der Waals surface area contributed by atoms with Gasteiger partial charge in [-0.25, -0.2) is 18.4 Å². The van der Waals surface area contributed by atoms with Crippen molar-refractivity contribution in [3.05, 3.63) is 23.3 Å². The molecule has 0 aliphatic heterocycles. The molecule has 0 spiro atoms. The third-order valence-electron chi connectivity index (χ3n) is 3.06. The van der Waals surface area contributed by atoms with E-state index < -0.39 is 47.6 Å². The number of hydrogen-bond acceptors (Lipinski definition) is 5. The first-order chi connectivity index (χ1) is 11.5. The Bertz CT molecular complexity index is 659. The van der Waals surface area contributed by atoms with Crippen molar-refractivity contribution in [3.8, 4) is 5.75 Å². The lowest BCUT2D eigenvalue weighted by atomic mass is 10.1. The number of rotatable bonds is 6. The van der Waals surface area contributed by atoms with Crippen LogP contribution in [0.5, 0.6) is 5.75 Å². The van der Waals surface area contributed by atoms with Crippen molar-refractivity contribution in [2.24, 2.45) is 0 Å². The second-order valence-corrected chi connectivity index (χ2v) is 6.26. The van der Waals surface area contributed by atoms with Gasteiger partial charge in [-0.05, 0) is 27.2 Å². The molecule has 140 valence electrons. The average molecular weight is 360 g/mol. The number of anilines is 1. The minimum atomic E-state index is -1.49. The number of benzene rings is 1. The molecule has 25 heavy (non-hydrogen) atoms. The van der Waals surface area contributed by atoms with Crippen LogP contribution in [0.15, 0.2) is 6.07 Å². The van der Waals surface area contributed by atoms with E-state index in [2.05, 4.69) is 5.32 Å². The van der Waals surface area contributed by atoms with Gasteiger partial charge in [0.25, 0.3) is 0 Å². The van der Waals surface area contributed by atoms with Gasteiger partial charge in [0.2, 0.25) is 0 Å². The van der Waals surface area contributed by atoms with E-state index in [0.717, 1.165) is 6.07 Å². The molecule has 4 N–H and O–H groups in total. The van der Waals surface area contributed by atoms with Crippen molar-refractivity contribution in [2.45, 2.75) is 45.8 Å². The topological polar surface area (TPSA) is 111 Å². The van der Waals surface area contributed by atoms with Gasteiger partial charge >= 0.3 is 12.1 Å². The zero-order valence-corrected chi connectivity index (χ0v) is 14.5. The number of carbonyl (C=O) groups excluding carboxylic acids is 1. The summed E-state index contributed by atoms with van der Waals surface area (Å²) in [5, 5.41) is 11.2. The number of nitrogens with one attached hydrogen (secondary N) is 1. The number of nitrogen functional groups attached to an aromatic ring is 1. The maximum Gasteiger partial charge on any atom is 0.408 e. The molecular formula is C16H22F2N2O5. The Hall–Kier alpha value is -2.58. The van der Waals surface area contributed by atoms with Gasteiger partial charge in [-0.2, -0.15) is 0 Å². The fourth-order valence-electron chi connectivity index (χ4n) is 1.90. The Labute approximate surface area is 144 Å². The number of alkyl carbamates (subject to hydrolysis) is 1. The van der Waals surface area contributed by atoms with E-state index in [9.17, 15) is 18.4 Å². The molecule has 0 saturated carbocycles. The van der Waals surface area contributed by atoms with Gasteiger partial charge in [0.1, 0.15) is 29.5 Å². The Morgan fingerprint density at radius 3 is 2.44 bits per heavy atom. The molecule has 0 heterocycles. The smallest absolute Gasteiger partial charge is 0.408 e. The van der Waals surface area contributed by atoms with E-state index in [1.54, 1.807) is 27.7 Å². The normalized spacial score (nSPS) is 12.4. The fourth-order valence-corrected chi connectivity index (χ4v) is 1.90. The van der Waals surface area contributed by atoms with Crippen LogP contribution in [-0.2, 0) is 16.0 Å². The van der Waals surface area contributed by atoms with Crippen molar-refractivity contribution in [2.75, 3.05) is 12.3 Å². The Balaban J connectivity index is 2.86. The van der Waals surface area contributed by atoms with Crippen molar-refractivity contribution < 1.29 is 33.0 Å². The molecule has 1 atom stereocenters. The van der Waals surface area contributed by atoms with Crippen LogP contribution in [0.4, 0.5) is 19.3 Å². The number of carboxylic acid groups (broad SMARTS) is 1. The summed E-state index contributed by atoms with van der Waals surface area (Å²) < 4.78 is 37.8. The van der Waals surface area contributed by atoms with Gasteiger partial charge in [0.05, 0.1) is 0 Å². The molecule has 7 nitrogen and oxygen atoms in total. The van der Waals surface area contributed by atoms with Crippen LogP contribution in [0.3, 0.4) is 0 Å². The summed E-state index contributed by atoms with van der Waals surface area (Å²) in [4.78, 5) is 22.9. The highest BCUT2D eigenvalue weighted by Gasteiger charge is 2.25. The summed E-state index contributed by atoms with van der Waals surface area (Å²) in [6, 6.07) is -0.616. The molecule has 1 aromatic rings. The molecule has 0 aromatic heterocycles. The molecule has 0 aliphatic rings. The highest BCUT2D eigenvalue weighted by molar-refractivity contribution is 5.80. The van der Waals surface area contributed by atoms with E-state index in [1.807, 2.05) is 0 Å². The second kappa shape index (κ2) is 8.00. The number of hydrogen-bond donors (Lipinski definition) is 3. The van der Waals surface area contributed by atoms with Crippen LogP contribution in [0.1, 0.15) is 33.3 Å². The summed E-state index contributed by atoms with van der Waals surface area (Å²) in [6.07, 6.45) is -0.865. The van der Waals surface area contributed by atoms with Crippen molar-refractivity contribution in [3.63, 3.8) is 0 Å². The van der Waals surface area contributed by atoms with Gasteiger partial charge in [-0.15, -0.1) is 0 Å². The maximum atomic E-state index is 14.0. The first-order valence-corrected chi connectivity index (χ1v) is 7.57. The first-order valence-electron chi connectivity index (χ1n) is 7.57. The summed E-state index contributed by atoms with van der Waals surface area (Å²) >= 11 is 0. The molecular weight excluding hydrogens is 338 g/mol. The van der Waals surface area contributed by atoms with Crippen LogP contribution < -0.4 is 15.8 Å².